The minimum absolute atomic E-state index is 0.329. The summed E-state index contributed by atoms with van der Waals surface area (Å²) in [5.74, 6) is 0.596. The maximum absolute atomic E-state index is 5.83. The molecule has 1 heterocycles. The molecule has 1 fully saturated rings. The zero-order valence-corrected chi connectivity index (χ0v) is 9.44. The van der Waals surface area contributed by atoms with Crippen LogP contribution in [-0.4, -0.2) is 22.3 Å². The Hall–Kier alpha value is -0.480. The highest BCUT2D eigenvalue weighted by Crippen LogP contribution is 2.26. The third kappa shape index (κ3) is 2.30. The Morgan fingerprint density at radius 3 is 2.86 bits per heavy atom. The molecule has 0 aliphatic heterocycles. The monoisotopic (exact) mass is 230 g/mol. The van der Waals surface area contributed by atoms with Crippen molar-refractivity contribution in [2.45, 2.75) is 30.5 Å². The number of hydrogen-bond acceptors (Lipinski definition) is 4. The third-order valence-corrected chi connectivity index (χ3v) is 2.91. The van der Waals surface area contributed by atoms with Crippen LogP contribution >= 0.6 is 23.4 Å². The van der Waals surface area contributed by atoms with Crippen LogP contribution in [0.25, 0.3) is 0 Å². The number of rotatable bonds is 3. The van der Waals surface area contributed by atoms with Crippen molar-refractivity contribution in [2.75, 3.05) is 6.26 Å². The van der Waals surface area contributed by atoms with E-state index in [1.54, 1.807) is 6.07 Å². The van der Waals surface area contributed by atoms with Gasteiger partial charge in [0.1, 0.15) is 11.3 Å². The van der Waals surface area contributed by atoms with Gasteiger partial charge in [0.05, 0.1) is 0 Å². The second kappa shape index (κ2) is 4.36. The van der Waals surface area contributed by atoms with E-state index in [4.69, 9.17) is 16.3 Å². The molecule has 14 heavy (non-hydrogen) atoms. The summed E-state index contributed by atoms with van der Waals surface area (Å²) >= 11 is 7.29. The normalized spacial score (nSPS) is 16.4. The lowest BCUT2D eigenvalue weighted by molar-refractivity contribution is 0.113. The van der Waals surface area contributed by atoms with Gasteiger partial charge in [-0.3, -0.25) is 0 Å². The lowest BCUT2D eigenvalue weighted by atomic mass is 9.96. The summed E-state index contributed by atoms with van der Waals surface area (Å²) in [4.78, 5) is 8.26. The van der Waals surface area contributed by atoms with Crippen molar-refractivity contribution in [1.29, 1.82) is 0 Å². The predicted octanol–water partition coefficient (Wildman–Crippen LogP) is 2.78. The van der Waals surface area contributed by atoms with Gasteiger partial charge in [0.2, 0.25) is 5.88 Å². The molecular weight excluding hydrogens is 220 g/mol. The maximum Gasteiger partial charge on any atom is 0.219 e. The van der Waals surface area contributed by atoms with Crippen molar-refractivity contribution in [3.05, 3.63) is 11.2 Å². The molecule has 1 aromatic heterocycles. The number of hydrogen-bond donors (Lipinski definition) is 0. The quantitative estimate of drug-likeness (QED) is 0.455. The molecule has 0 unspecified atom stereocenters. The molecule has 0 spiro atoms. The molecule has 0 atom stereocenters. The zero-order valence-electron chi connectivity index (χ0n) is 7.86. The third-order valence-electron chi connectivity index (χ3n) is 2.17. The number of halogens is 1. The van der Waals surface area contributed by atoms with Crippen LogP contribution in [0.4, 0.5) is 0 Å². The molecule has 0 amide bonds. The highest BCUT2D eigenvalue weighted by Gasteiger charge is 2.20. The Bertz CT molecular complexity index is 331. The van der Waals surface area contributed by atoms with Gasteiger partial charge in [-0.15, -0.1) is 0 Å². The fraction of sp³-hybridized carbons (Fsp3) is 0.556. The van der Waals surface area contributed by atoms with Crippen LogP contribution in [0.5, 0.6) is 5.88 Å². The Labute approximate surface area is 92.2 Å². The number of aromatic nitrogens is 2. The van der Waals surface area contributed by atoms with Crippen molar-refractivity contribution in [2.24, 2.45) is 0 Å². The fourth-order valence-corrected chi connectivity index (χ4v) is 1.78. The van der Waals surface area contributed by atoms with E-state index in [1.807, 2.05) is 6.26 Å². The predicted molar refractivity (Wildman–Crippen MR) is 57.1 cm³/mol. The minimum atomic E-state index is 0.329. The van der Waals surface area contributed by atoms with Gasteiger partial charge in [-0.05, 0) is 25.5 Å². The molecule has 1 aliphatic carbocycles. The molecular formula is C9H11ClN2OS. The van der Waals surface area contributed by atoms with Crippen molar-refractivity contribution in [3.8, 4) is 5.88 Å². The molecule has 0 radical (unpaired) electrons. The molecule has 0 aromatic carbocycles. The van der Waals surface area contributed by atoms with Gasteiger partial charge in [0.25, 0.3) is 0 Å². The first-order chi connectivity index (χ1) is 6.78. The number of ether oxygens (including phenoxy) is 1. The van der Waals surface area contributed by atoms with Crippen LogP contribution in [0, 0.1) is 0 Å². The maximum atomic E-state index is 5.83. The Kier molecular flexibility index (Phi) is 3.13. The van der Waals surface area contributed by atoms with Crippen LogP contribution in [0.2, 0.25) is 5.15 Å². The van der Waals surface area contributed by atoms with E-state index in [1.165, 1.54) is 18.2 Å². The topological polar surface area (TPSA) is 35.0 Å². The average Bonchev–Trinajstić information content (AvgIpc) is 2.10. The summed E-state index contributed by atoms with van der Waals surface area (Å²) in [7, 11) is 0. The van der Waals surface area contributed by atoms with Crippen LogP contribution < -0.4 is 4.74 Å². The zero-order chi connectivity index (χ0) is 9.97. The SMILES string of the molecule is CSc1nc(Cl)cc(OC2CCC2)n1. The highest BCUT2D eigenvalue weighted by molar-refractivity contribution is 7.98. The van der Waals surface area contributed by atoms with Gasteiger partial charge >= 0.3 is 0 Å². The molecule has 1 aromatic rings. The molecule has 0 bridgehead atoms. The van der Waals surface area contributed by atoms with Crippen LogP contribution in [0.1, 0.15) is 19.3 Å². The van der Waals surface area contributed by atoms with Crippen LogP contribution in [0.3, 0.4) is 0 Å². The largest absolute Gasteiger partial charge is 0.474 e. The second-order valence-corrected chi connectivity index (χ2v) is 4.35. The van der Waals surface area contributed by atoms with E-state index in [9.17, 15) is 0 Å². The first-order valence-electron chi connectivity index (χ1n) is 4.53. The molecule has 1 saturated carbocycles. The summed E-state index contributed by atoms with van der Waals surface area (Å²) in [6, 6.07) is 1.67. The van der Waals surface area contributed by atoms with Gasteiger partial charge in [0, 0.05) is 6.07 Å². The lowest BCUT2D eigenvalue weighted by Gasteiger charge is -2.25. The Balaban J connectivity index is 2.11. The number of thioether (sulfide) groups is 1. The Morgan fingerprint density at radius 1 is 1.50 bits per heavy atom. The second-order valence-electron chi connectivity index (χ2n) is 3.19. The van der Waals surface area contributed by atoms with Crippen molar-refractivity contribution < 1.29 is 4.74 Å². The first kappa shape index (κ1) is 10.1. The van der Waals surface area contributed by atoms with Crippen LogP contribution in [0.15, 0.2) is 11.2 Å². The molecule has 3 nitrogen and oxygen atoms in total. The summed E-state index contributed by atoms with van der Waals surface area (Å²) in [5.41, 5.74) is 0. The van der Waals surface area contributed by atoms with E-state index in [0.29, 0.717) is 22.3 Å². The minimum Gasteiger partial charge on any atom is -0.474 e. The van der Waals surface area contributed by atoms with E-state index >= 15 is 0 Å². The standard InChI is InChI=1S/C9H11ClN2OS/c1-14-9-11-7(10)5-8(12-9)13-6-3-2-4-6/h5-6H,2-4H2,1H3. The molecule has 2 rings (SSSR count). The molecule has 0 N–H and O–H groups in total. The summed E-state index contributed by atoms with van der Waals surface area (Å²) in [6.07, 6.45) is 5.74. The average molecular weight is 231 g/mol. The van der Waals surface area contributed by atoms with E-state index in [0.717, 1.165) is 12.8 Å². The summed E-state index contributed by atoms with van der Waals surface area (Å²) in [6.45, 7) is 0. The molecule has 0 saturated heterocycles. The van der Waals surface area contributed by atoms with Gasteiger partial charge in [-0.25, -0.2) is 4.98 Å². The Morgan fingerprint density at radius 2 is 2.29 bits per heavy atom. The van der Waals surface area contributed by atoms with Gasteiger partial charge in [0.15, 0.2) is 5.16 Å². The summed E-state index contributed by atoms with van der Waals surface area (Å²) < 4.78 is 5.62. The van der Waals surface area contributed by atoms with Gasteiger partial charge in [-0.1, -0.05) is 23.4 Å². The van der Waals surface area contributed by atoms with Gasteiger partial charge < -0.3 is 4.74 Å². The molecule has 76 valence electrons. The van der Waals surface area contributed by atoms with Crippen LogP contribution in [-0.2, 0) is 0 Å². The van der Waals surface area contributed by atoms with Crippen molar-refractivity contribution in [3.63, 3.8) is 0 Å². The van der Waals surface area contributed by atoms with E-state index < -0.39 is 0 Å². The van der Waals surface area contributed by atoms with Gasteiger partial charge in [-0.2, -0.15) is 4.98 Å². The fourth-order valence-electron chi connectivity index (χ4n) is 1.19. The molecule has 1 aliphatic rings. The van der Waals surface area contributed by atoms with Crippen molar-refractivity contribution in [1.82, 2.24) is 9.97 Å². The number of nitrogens with zero attached hydrogens (tertiary/aromatic N) is 2. The smallest absolute Gasteiger partial charge is 0.219 e. The lowest BCUT2D eigenvalue weighted by Crippen LogP contribution is -2.25. The van der Waals surface area contributed by atoms with E-state index in [-0.39, 0.29) is 0 Å². The summed E-state index contributed by atoms with van der Waals surface area (Å²) in [5, 5.41) is 1.10. The first-order valence-corrected chi connectivity index (χ1v) is 6.13. The van der Waals surface area contributed by atoms with Crippen molar-refractivity contribution >= 4 is 23.4 Å². The highest BCUT2D eigenvalue weighted by atomic mass is 35.5. The van der Waals surface area contributed by atoms with E-state index in [2.05, 4.69) is 9.97 Å². The molecule has 5 heteroatoms.